The maximum absolute atomic E-state index is 12.9. The molecule has 3 aromatic rings. The highest BCUT2D eigenvalue weighted by Crippen LogP contribution is 2.18. The van der Waals surface area contributed by atoms with Crippen LogP contribution in [0.2, 0.25) is 0 Å². The molecule has 6 heteroatoms. The predicted molar refractivity (Wildman–Crippen MR) is 117 cm³/mol. The van der Waals surface area contributed by atoms with Crippen molar-refractivity contribution in [3.63, 3.8) is 0 Å². The highest BCUT2D eigenvalue weighted by Gasteiger charge is 2.16. The van der Waals surface area contributed by atoms with Crippen LogP contribution in [0.4, 0.5) is 5.69 Å². The van der Waals surface area contributed by atoms with Gasteiger partial charge < -0.3 is 15.4 Å². The normalized spacial score (nSPS) is 11.1. The van der Waals surface area contributed by atoms with Crippen molar-refractivity contribution in [1.82, 2.24) is 5.32 Å². The van der Waals surface area contributed by atoms with Crippen LogP contribution < -0.4 is 15.4 Å². The van der Waals surface area contributed by atoms with Crippen molar-refractivity contribution in [3.8, 4) is 5.75 Å². The Morgan fingerprint density at radius 1 is 1.00 bits per heavy atom. The van der Waals surface area contributed by atoms with Gasteiger partial charge in [-0.25, -0.2) is 0 Å². The Morgan fingerprint density at radius 3 is 2.38 bits per heavy atom. The molecule has 148 valence electrons. The molecule has 0 spiro atoms. The second kappa shape index (κ2) is 9.21. The van der Waals surface area contributed by atoms with Gasteiger partial charge in [0.25, 0.3) is 11.8 Å². The second-order valence-corrected chi connectivity index (χ2v) is 7.49. The Morgan fingerprint density at radius 2 is 1.76 bits per heavy atom. The van der Waals surface area contributed by atoms with E-state index in [2.05, 4.69) is 10.6 Å². The number of hydrogen-bond donors (Lipinski definition) is 2. The number of carbonyl (C=O) groups excluding carboxylic acids is 2. The van der Waals surface area contributed by atoms with Crippen molar-refractivity contribution >= 4 is 34.9 Å². The lowest BCUT2D eigenvalue weighted by Gasteiger charge is -2.12. The lowest BCUT2D eigenvalue weighted by molar-refractivity contribution is -0.113. The number of nitrogens with one attached hydrogen (secondary N) is 2. The molecule has 2 amide bonds. The van der Waals surface area contributed by atoms with Crippen LogP contribution in [0.15, 0.2) is 65.7 Å². The molecule has 0 fully saturated rings. The van der Waals surface area contributed by atoms with Crippen molar-refractivity contribution in [3.05, 3.63) is 87.2 Å². The number of anilines is 1. The first-order valence-electron chi connectivity index (χ1n) is 9.05. The van der Waals surface area contributed by atoms with Crippen LogP contribution in [0.1, 0.15) is 26.4 Å². The predicted octanol–water partition coefficient (Wildman–Crippen LogP) is 4.78. The fourth-order valence-electron chi connectivity index (χ4n) is 2.62. The van der Waals surface area contributed by atoms with Gasteiger partial charge in [-0.15, -0.1) is 11.3 Å². The molecule has 0 atom stereocenters. The Bertz CT molecular complexity index is 1040. The second-order valence-electron chi connectivity index (χ2n) is 6.51. The average molecular weight is 407 g/mol. The third kappa shape index (κ3) is 5.33. The summed E-state index contributed by atoms with van der Waals surface area (Å²) in [5.74, 6) is -0.0399. The van der Waals surface area contributed by atoms with Gasteiger partial charge in [0, 0.05) is 16.1 Å². The third-order valence-corrected chi connectivity index (χ3v) is 5.26. The molecule has 2 aromatic carbocycles. The Balaban J connectivity index is 1.82. The largest absolute Gasteiger partial charge is 0.497 e. The van der Waals surface area contributed by atoms with Gasteiger partial charge in [0.15, 0.2) is 0 Å². The molecule has 0 aliphatic carbocycles. The molecule has 29 heavy (non-hydrogen) atoms. The smallest absolute Gasteiger partial charge is 0.272 e. The summed E-state index contributed by atoms with van der Waals surface area (Å²) in [5.41, 5.74) is 3.40. The third-order valence-electron chi connectivity index (χ3n) is 4.44. The van der Waals surface area contributed by atoms with Crippen molar-refractivity contribution in [1.29, 1.82) is 0 Å². The minimum absolute atomic E-state index is 0.173. The van der Waals surface area contributed by atoms with E-state index in [9.17, 15) is 9.59 Å². The van der Waals surface area contributed by atoms with E-state index in [-0.39, 0.29) is 11.6 Å². The van der Waals surface area contributed by atoms with E-state index in [1.165, 1.54) is 11.3 Å². The zero-order chi connectivity index (χ0) is 20.8. The van der Waals surface area contributed by atoms with Gasteiger partial charge in [0.05, 0.1) is 7.11 Å². The molecular weight excluding hydrogens is 384 g/mol. The highest BCUT2D eigenvalue weighted by atomic mass is 32.1. The molecule has 0 bridgehead atoms. The van der Waals surface area contributed by atoms with Crippen molar-refractivity contribution in [2.45, 2.75) is 13.8 Å². The number of hydrogen-bond acceptors (Lipinski definition) is 4. The summed E-state index contributed by atoms with van der Waals surface area (Å²) in [5, 5.41) is 7.48. The van der Waals surface area contributed by atoms with E-state index < -0.39 is 5.91 Å². The lowest BCUT2D eigenvalue weighted by atomic mass is 10.1. The number of amides is 2. The van der Waals surface area contributed by atoms with Gasteiger partial charge in [0.1, 0.15) is 11.4 Å². The average Bonchev–Trinajstić information content (AvgIpc) is 3.23. The first kappa shape index (κ1) is 20.4. The number of aryl methyl sites for hydroxylation is 2. The van der Waals surface area contributed by atoms with Crippen LogP contribution in [0.25, 0.3) is 6.08 Å². The highest BCUT2D eigenvalue weighted by molar-refractivity contribution is 7.10. The molecule has 3 rings (SSSR count). The van der Waals surface area contributed by atoms with Crippen LogP contribution in [-0.4, -0.2) is 18.9 Å². The maximum atomic E-state index is 12.9. The number of ether oxygens (including phenoxy) is 1. The summed E-state index contributed by atoms with van der Waals surface area (Å²) in [6.45, 7) is 3.94. The monoisotopic (exact) mass is 406 g/mol. The first-order chi connectivity index (χ1) is 14.0. The molecule has 0 saturated carbocycles. The minimum atomic E-state index is -0.402. The van der Waals surface area contributed by atoms with Gasteiger partial charge in [-0.2, -0.15) is 0 Å². The summed E-state index contributed by atoms with van der Waals surface area (Å²) >= 11 is 1.48. The summed E-state index contributed by atoms with van der Waals surface area (Å²) in [7, 11) is 1.58. The quantitative estimate of drug-likeness (QED) is 0.579. The zero-order valence-corrected chi connectivity index (χ0v) is 17.3. The van der Waals surface area contributed by atoms with E-state index in [0.717, 1.165) is 16.0 Å². The van der Waals surface area contributed by atoms with Crippen LogP contribution in [0, 0.1) is 13.8 Å². The summed E-state index contributed by atoms with van der Waals surface area (Å²) in [6, 6.07) is 16.2. The molecule has 0 saturated heterocycles. The van der Waals surface area contributed by atoms with E-state index in [4.69, 9.17) is 4.74 Å². The van der Waals surface area contributed by atoms with E-state index in [1.807, 2.05) is 43.5 Å². The van der Waals surface area contributed by atoms with Crippen LogP contribution >= 0.6 is 11.3 Å². The Kier molecular flexibility index (Phi) is 6.46. The molecule has 0 aliphatic heterocycles. The fraction of sp³-hybridized carbons (Fsp3) is 0.130. The molecule has 1 aromatic heterocycles. The molecule has 0 unspecified atom stereocenters. The minimum Gasteiger partial charge on any atom is -0.497 e. The number of rotatable bonds is 6. The van der Waals surface area contributed by atoms with Gasteiger partial charge in [-0.05, 0) is 78.9 Å². The van der Waals surface area contributed by atoms with Crippen LogP contribution in [0.3, 0.4) is 0 Å². The van der Waals surface area contributed by atoms with Crippen molar-refractivity contribution in [2.75, 3.05) is 12.4 Å². The van der Waals surface area contributed by atoms with Gasteiger partial charge in [-0.1, -0.05) is 12.1 Å². The van der Waals surface area contributed by atoms with E-state index in [0.29, 0.717) is 17.0 Å². The molecule has 2 N–H and O–H groups in total. The zero-order valence-electron chi connectivity index (χ0n) is 16.5. The Hall–Kier alpha value is -3.38. The van der Waals surface area contributed by atoms with E-state index >= 15 is 0 Å². The SMILES string of the molecule is COc1ccc(NC(=O)C(=Cc2cccs2)NC(=O)c2ccc(C)c(C)c2)cc1. The van der Waals surface area contributed by atoms with Crippen LogP contribution in [0.5, 0.6) is 5.75 Å². The number of thiophene rings is 1. The molecule has 0 aliphatic rings. The molecule has 5 nitrogen and oxygen atoms in total. The molecule has 1 heterocycles. The van der Waals surface area contributed by atoms with Gasteiger partial charge in [-0.3, -0.25) is 9.59 Å². The van der Waals surface area contributed by atoms with Crippen molar-refractivity contribution in [2.24, 2.45) is 0 Å². The standard InChI is InChI=1S/C23H22N2O3S/c1-15-6-7-17(13-16(15)2)22(26)25-21(14-20-5-4-12-29-20)23(27)24-18-8-10-19(28-3)11-9-18/h4-14H,1-3H3,(H,24,27)(H,25,26). The summed E-state index contributed by atoms with van der Waals surface area (Å²) in [4.78, 5) is 26.5. The molecular formula is C23H22N2O3S. The number of benzene rings is 2. The number of methoxy groups -OCH3 is 1. The number of carbonyl (C=O) groups is 2. The Labute approximate surface area is 174 Å². The fourth-order valence-corrected chi connectivity index (χ4v) is 3.28. The van der Waals surface area contributed by atoms with Gasteiger partial charge in [0.2, 0.25) is 0 Å². The lowest BCUT2D eigenvalue weighted by Crippen LogP contribution is -2.30. The molecule has 0 radical (unpaired) electrons. The van der Waals surface area contributed by atoms with E-state index in [1.54, 1.807) is 43.5 Å². The van der Waals surface area contributed by atoms with Crippen LogP contribution in [-0.2, 0) is 4.79 Å². The topological polar surface area (TPSA) is 67.4 Å². The summed E-state index contributed by atoms with van der Waals surface area (Å²) < 4.78 is 5.13. The maximum Gasteiger partial charge on any atom is 0.272 e. The van der Waals surface area contributed by atoms with Crippen molar-refractivity contribution < 1.29 is 14.3 Å². The first-order valence-corrected chi connectivity index (χ1v) is 9.93. The van der Waals surface area contributed by atoms with Gasteiger partial charge >= 0.3 is 0 Å². The summed E-state index contributed by atoms with van der Waals surface area (Å²) in [6.07, 6.45) is 1.67.